The van der Waals surface area contributed by atoms with Gasteiger partial charge in [-0.15, -0.1) is 0 Å². The van der Waals surface area contributed by atoms with Gasteiger partial charge in [-0.1, -0.05) is 48.5 Å². The second-order valence-electron chi connectivity index (χ2n) is 5.68. The minimum absolute atomic E-state index is 0. The van der Waals surface area contributed by atoms with Crippen LogP contribution in [0.15, 0.2) is 48.5 Å². The summed E-state index contributed by atoms with van der Waals surface area (Å²) in [6.07, 6.45) is 0.664. The number of fused-ring (bicyclic) bond motifs is 3. The number of ether oxygens (including phenoxy) is 2. The summed E-state index contributed by atoms with van der Waals surface area (Å²) in [4.78, 5) is 30.4. The Morgan fingerprint density at radius 1 is 1.07 bits per heavy atom. The number of nitrogens with one attached hydrogen (secondary N) is 2. The van der Waals surface area contributed by atoms with Gasteiger partial charge in [-0.05, 0) is 28.8 Å². The van der Waals surface area contributed by atoms with Crippen LogP contribution in [0.3, 0.4) is 0 Å². The van der Waals surface area contributed by atoms with E-state index in [9.17, 15) is 14.4 Å². The van der Waals surface area contributed by atoms with Gasteiger partial charge in [0.15, 0.2) is 0 Å². The summed E-state index contributed by atoms with van der Waals surface area (Å²) >= 11 is 0. The van der Waals surface area contributed by atoms with Crippen LogP contribution in [0.2, 0.25) is 0 Å². The first-order valence-corrected chi connectivity index (χ1v) is 8.31. The van der Waals surface area contributed by atoms with Gasteiger partial charge in [0.25, 0.3) is 0 Å². The number of methoxy groups -OCH3 is 1. The Morgan fingerprint density at radius 3 is 2.07 bits per heavy atom. The Morgan fingerprint density at radius 2 is 1.61 bits per heavy atom. The zero-order chi connectivity index (χ0) is 19.6. The van der Waals surface area contributed by atoms with Crippen molar-refractivity contribution in [1.29, 1.82) is 0 Å². The molecule has 2 aromatic carbocycles. The quantitative estimate of drug-likeness (QED) is 0.311. The summed E-state index contributed by atoms with van der Waals surface area (Å²) in [6.45, 7) is 0.520. The molecule has 0 aromatic heterocycles. The molecule has 0 saturated carbocycles. The van der Waals surface area contributed by atoms with Gasteiger partial charge in [0.1, 0.15) is 6.61 Å². The van der Waals surface area contributed by atoms with Crippen LogP contribution in [0.4, 0.5) is 4.79 Å². The van der Waals surface area contributed by atoms with E-state index in [1.54, 1.807) is 0 Å². The molecule has 0 spiro atoms. The standard InChI is InChI=1S/C15H13NO2.C5H8NO3.Y/c16-15(17)18-9-14-12-7-3-1-5-10(12)11-6-2-4-8-13(11)14;1-9-5(8)2-3-6-4-7;/h1-8,14H,9H2,(H2,16,17);2-3H2,1H3,(H,6,7);/q;-1;/p-1. The van der Waals surface area contributed by atoms with Crippen molar-refractivity contribution in [2.75, 3.05) is 20.3 Å². The third-order valence-electron chi connectivity index (χ3n) is 4.10. The van der Waals surface area contributed by atoms with Gasteiger partial charge in [-0.3, -0.25) is 9.59 Å². The summed E-state index contributed by atoms with van der Waals surface area (Å²) in [5.41, 5.74) is 11.6. The number of benzene rings is 2. The van der Waals surface area contributed by atoms with E-state index in [0.717, 1.165) is 0 Å². The number of amides is 2. The van der Waals surface area contributed by atoms with Crippen molar-refractivity contribution < 1.29 is 56.6 Å². The maximum Gasteiger partial charge on any atom is 0.307 e. The van der Waals surface area contributed by atoms with Crippen LogP contribution in [-0.4, -0.2) is 38.7 Å². The van der Waals surface area contributed by atoms with E-state index in [1.807, 2.05) is 24.3 Å². The van der Waals surface area contributed by atoms with Crippen molar-refractivity contribution in [3.05, 3.63) is 65.4 Å². The maximum atomic E-state index is 10.7. The van der Waals surface area contributed by atoms with E-state index in [-0.39, 0.29) is 64.2 Å². The monoisotopic (exact) mass is 457 g/mol. The summed E-state index contributed by atoms with van der Waals surface area (Å²) < 4.78 is 9.16. The molecule has 1 aliphatic rings. The Balaban J connectivity index is 0.000000339. The molecule has 28 heavy (non-hydrogen) atoms. The Kier molecular flexibility index (Phi) is 10.4. The van der Waals surface area contributed by atoms with E-state index in [4.69, 9.17) is 10.5 Å². The Bertz CT molecular complexity index is 767. The van der Waals surface area contributed by atoms with Crippen LogP contribution in [0.1, 0.15) is 23.5 Å². The molecule has 0 aliphatic heterocycles. The van der Waals surface area contributed by atoms with Gasteiger partial charge in [0.2, 0.25) is 6.09 Å². The molecule has 2 aromatic rings. The van der Waals surface area contributed by atoms with Crippen molar-refractivity contribution in [1.82, 2.24) is 5.32 Å². The fourth-order valence-corrected chi connectivity index (χ4v) is 2.92. The summed E-state index contributed by atoms with van der Waals surface area (Å²) in [5.74, 6) is -0.288. The largest absolute Gasteiger partial charge is 0.632 e. The second-order valence-corrected chi connectivity index (χ2v) is 5.68. The average molecular weight is 457 g/mol. The first-order chi connectivity index (χ1) is 13.1. The van der Waals surface area contributed by atoms with Gasteiger partial charge >= 0.3 is 5.97 Å². The minimum Gasteiger partial charge on any atom is -0.632 e. The number of carbonyl (C=O) groups is 2. The van der Waals surface area contributed by atoms with Crippen molar-refractivity contribution in [2.24, 2.45) is 0 Å². The molecule has 2 N–H and O–H groups in total. The molecular formula is C20H20N2O5Y-2. The van der Waals surface area contributed by atoms with Gasteiger partial charge < -0.3 is 25.3 Å². The van der Waals surface area contributed by atoms with Crippen LogP contribution in [0, 0.1) is 0 Å². The molecule has 0 fully saturated rings. The van der Waals surface area contributed by atoms with Crippen LogP contribution in [-0.2, 0) is 51.8 Å². The summed E-state index contributed by atoms with van der Waals surface area (Å²) in [6, 6.07) is 16.3. The molecule has 3 rings (SSSR count). The molecule has 1 radical (unpaired) electrons. The van der Waals surface area contributed by atoms with Gasteiger partial charge in [-0.2, -0.15) is 6.41 Å². The third-order valence-corrected chi connectivity index (χ3v) is 4.10. The van der Waals surface area contributed by atoms with Crippen molar-refractivity contribution in [3.8, 4) is 11.1 Å². The topological polar surface area (TPSA) is 106 Å². The second kappa shape index (κ2) is 12.3. The molecule has 145 valence electrons. The van der Waals surface area contributed by atoms with E-state index in [2.05, 4.69) is 34.3 Å². The number of hydrogen-bond donors (Lipinski definition) is 1. The zero-order valence-electron chi connectivity index (χ0n) is 15.4. The van der Waals surface area contributed by atoms with Gasteiger partial charge in [-0.25, -0.2) is 0 Å². The maximum absolute atomic E-state index is 10.7. The van der Waals surface area contributed by atoms with Crippen LogP contribution in [0.5, 0.6) is 0 Å². The van der Waals surface area contributed by atoms with Crippen LogP contribution in [0.25, 0.3) is 16.9 Å². The SMILES string of the molecule is COC(=O)CCN[C-]=O.[NH-]C(=O)OCC1c2ccccc2-c2ccccc21.[Y]. The van der Waals surface area contributed by atoms with Crippen molar-refractivity contribution in [2.45, 2.75) is 12.3 Å². The Labute approximate surface area is 188 Å². The van der Waals surface area contributed by atoms with Crippen molar-refractivity contribution in [3.63, 3.8) is 0 Å². The van der Waals surface area contributed by atoms with Crippen LogP contribution < -0.4 is 5.32 Å². The average Bonchev–Trinajstić information content (AvgIpc) is 3.01. The molecule has 8 heteroatoms. The smallest absolute Gasteiger partial charge is 0.307 e. The molecule has 0 unspecified atom stereocenters. The minimum atomic E-state index is -0.975. The van der Waals surface area contributed by atoms with Crippen molar-refractivity contribution >= 4 is 18.5 Å². The first-order valence-electron chi connectivity index (χ1n) is 8.31. The number of carbonyl (C=O) groups excluding carboxylic acids is 3. The predicted octanol–water partition coefficient (Wildman–Crippen LogP) is 3.19. The fraction of sp³-hybridized carbons (Fsp3) is 0.250. The number of rotatable bonds is 6. The normalized spacial score (nSPS) is 10.9. The van der Waals surface area contributed by atoms with Gasteiger partial charge in [0, 0.05) is 38.6 Å². The molecular weight excluding hydrogens is 437 g/mol. The molecule has 1 aliphatic carbocycles. The van der Waals surface area contributed by atoms with Gasteiger partial charge in [0.05, 0.1) is 13.5 Å². The summed E-state index contributed by atoms with van der Waals surface area (Å²) in [5, 5.41) is 2.21. The predicted molar refractivity (Wildman–Crippen MR) is 99.7 cm³/mol. The number of hydrogen-bond acceptors (Lipinski definition) is 5. The van der Waals surface area contributed by atoms with Crippen LogP contribution >= 0.6 is 0 Å². The summed E-state index contributed by atoms with van der Waals surface area (Å²) in [7, 11) is 1.30. The zero-order valence-corrected chi connectivity index (χ0v) is 18.3. The van der Waals surface area contributed by atoms with E-state index in [0.29, 0.717) is 0 Å². The number of esters is 1. The fourth-order valence-electron chi connectivity index (χ4n) is 2.92. The van der Waals surface area contributed by atoms with E-state index in [1.165, 1.54) is 35.8 Å². The molecule has 0 bridgehead atoms. The third kappa shape index (κ3) is 6.42. The molecule has 0 atom stereocenters. The van der Waals surface area contributed by atoms with E-state index >= 15 is 0 Å². The van der Waals surface area contributed by atoms with E-state index < -0.39 is 6.09 Å². The Hall–Kier alpha value is -2.25. The first kappa shape index (κ1) is 23.8. The molecule has 0 saturated heterocycles. The molecule has 7 nitrogen and oxygen atoms in total. The molecule has 0 heterocycles. The molecule has 2 amide bonds.